The summed E-state index contributed by atoms with van der Waals surface area (Å²) >= 11 is 1.89. The molecule has 138 valence electrons. The van der Waals surface area contributed by atoms with E-state index in [1.54, 1.807) is 7.11 Å². The number of methoxy groups -OCH3 is 1. The lowest BCUT2D eigenvalue weighted by molar-refractivity contribution is 0.0368. The average molecular weight is 364 g/mol. The van der Waals surface area contributed by atoms with Crippen LogP contribution in [0.3, 0.4) is 0 Å². The Morgan fingerprint density at radius 3 is 2.88 bits per heavy atom. The quantitative estimate of drug-likeness (QED) is 0.745. The highest BCUT2D eigenvalue weighted by Crippen LogP contribution is 2.23. The van der Waals surface area contributed by atoms with Gasteiger partial charge in [-0.25, -0.2) is 0 Å². The highest BCUT2D eigenvalue weighted by molar-refractivity contribution is 8.13. The summed E-state index contributed by atoms with van der Waals surface area (Å²) < 4.78 is 11.0. The van der Waals surface area contributed by atoms with Crippen LogP contribution in [0.5, 0.6) is 5.75 Å². The van der Waals surface area contributed by atoms with E-state index in [4.69, 9.17) is 14.5 Å². The average Bonchev–Trinajstić information content (AvgIpc) is 2.69. The van der Waals surface area contributed by atoms with Gasteiger partial charge in [0, 0.05) is 50.6 Å². The number of thioether (sulfide) groups is 1. The molecule has 1 aromatic rings. The molecule has 5 nitrogen and oxygen atoms in total. The summed E-state index contributed by atoms with van der Waals surface area (Å²) in [6.07, 6.45) is 2.33. The Morgan fingerprint density at radius 2 is 2.12 bits per heavy atom. The zero-order valence-electron chi connectivity index (χ0n) is 15.2. The molecule has 0 unspecified atom stereocenters. The Bertz CT molecular complexity index is 561. The molecule has 0 radical (unpaired) electrons. The monoisotopic (exact) mass is 363 g/mol. The van der Waals surface area contributed by atoms with E-state index in [-0.39, 0.29) is 0 Å². The number of para-hydroxylation sites is 1. The Hall–Kier alpha value is -1.24. The van der Waals surface area contributed by atoms with Crippen molar-refractivity contribution in [1.82, 2.24) is 9.80 Å². The predicted molar refractivity (Wildman–Crippen MR) is 105 cm³/mol. The van der Waals surface area contributed by atoms with E-state index in [1.165, 1.54) is 22.9 Å². The Morgan fingerprint density at radius 1 is 1.28 bits per heavy atom. The summed E-state index contributed by atoms with van der Waals surface area (Å²) in [7, 11) is 1.74. The lowest BCUT2D eigenvalue weighted by atomic mass is 10.2. The van der Waals surface area contributed by atoms with Gasteiger partial charge in [-0.15, -0.1) is 0 Å². The van der Waals surface area contributed by atoms with Gasteiger partial charge in [0.1, 0.15) is 5.75 Å². The van der Waals surface area contributed by atoms with Crippen LogP contribution in [0.25, 0.3) is 0 Å². The number of hydrogen-bond acceptors (Lipinski definition) is 6. The lowest BCUT2D eigenvalue weighted by Crippen LogP contribution is -2.39. The number of ether oxygens (including phenoxy) is 2. The lowest BCUT2D eigenvalue weighted by Gasteiger charge is -2.30. The first-order chi connectivity index (χ1) is 12.4. The Kier molecular flexibility index (Phi) is 7.45. The third kappa shape index (κ3) is 5.62. The number of hydrogen-bond donors (Lipinski definition) is 0. The van der Waals surface area contributed by atoms with Crippen LogP contribution in [0, 0.1) is 0 Å². The SMILES string of the molecule is COc1ccccc1CN(CCCN1CCOCC1)C1=NCCCS1. The van der Waals surface area contributed by atoms with Crippen LogP contribution >= 0.6 is 11.8 Å². The molecule has 0 spiro atoms. The van der Waals surface area contributed by atoms with Crippen LogP contribution in [0.1, 0.15) is 18.4 Å². The third-order valence-corrected chi connectivity index (χ3v) is 5.75. The largest absolute Gasteiger partial charge is 0.496 e. The smallest absolute Gasteiger partial charge is 0.159 e. The highest BCUT2D eigenvalue weighted by atomic mass is 32.2. The van der Waals surface area contributed by atoms with Gasteiger partial charge < -0.3 is 14.4 Å². The number of benzene rings is 1. The summed E-state index contributed by atoms with van der Waals surface area (Å²) in [6, 6.07) is 8.30. The molecule has 25 heavy (non-hydrogen) atoms. The molecule has 2 heterocycles. The molecule has 0 aromatic heterocycles. The first-order valence-electron chi connectivity index (χ1n) is 9.21. The molecule has 3 rings (SSSR count). The van der Waals surface area contributed by atoms with Gasteiger partial charge in [0.2, 0.25) is 0 Å². The van der Waals surface area contributed by atoms with Gasteiger partial charge in [-0.05, 0) is 18.9 Å². The predicted octanol–water partition coefficient (Wildman–Crippen LogP) is 2.71. The number of aliphatic imine (C=N–C) groups is 1. The maximum atomic E-state index is 5.54. The van der Waals surface area contributed by atoms with E-state index in [0.717, 1.165) is 64.7 Å². The summed E-state index contributed by atoms with van der Waals surface area (Å²) in [5.74, 6) is 2.13. The van der Waals surface area contributed by atoms with E-state index in [9.17, 15) is 0 Å². The van der Waals surface area contributed by atoms with Crippen molar-refractivity contribution in [1.29, 1.82) is 0 Å². The van der Waals surface area contributed by atoms with Gasteiger partial charge in [0.15, 0.2) is 5.17 Å². The molecule has 2 aliphatic heterocycles. The van der Waals surface area contributed by atoms with Gasteiger partial charge in [0.05, 0.1) is 20.3 Å². The van der Waals surface area contributed by atoms with Crippen molar-refractivity contribution in [3.05, 3.63) is 29.8 Å². The topological polar surface area (TPSA) is 37.3 Å². The zero-order valence-corrected chi connectivity index (χ0v) is 16.0. The molecule has 0 saturated carbocycles. The number of amidine groups is 1. The van der Waals surface area contributed by atoms with Gasteiger partial charge in [-0.1, -0.05) is 30.0 Å². The molecule has 6 heteroatoms. The van der Waals surface area contributed by atoms with Crippen molar-refractivity contribution in [3.63, 3.8) is 0 Å². The summed E-state index contributed by atoms with van der Waals surface area (Å²) in [5, 5.41) is 1.19. The Balaban J connectivity index is 1.61. The molecule has 0 bridgehead atoms. The first kappa shape index (κ1) is 18.5. The molecule has 0 amide bonds. The van der Waals surface area contributed by atoms with E-state index in [0.29, 0.717) is 0 Å². The van der Waals surface area contributed by atoms with Crippen molar-refractivity contribution in [2.45, 2.75) is 19.4 Å². The summed E-state index contributed by atoms with van der Waals surface area (Å²) in [6.45, 7) is 7.82. The molecule has 0 aliphatic carbocycles. The molecular formula is C19H29N3O2S. The maximum absolute atomic E-state index is 5.54. The third-order valence-electron chi connectivity index (χ3n) is 4.61. The van der Waals surface area contributed by atoms with Gasteiger partial charge in [-0.2, -0.15) is 0 Å². The van der Waals surface area contributed by atoms with Crippen molar-refractivity contribution in [2.24, 2.45) is 4.99 Å². The van der Waals surface area contributed by atoms with Crippen LogP contribution in [-0.4, -0.2) is 73.8 Å². The van der Waals surface area contributed by atoms with Crippen LogP contribution in [0.2, 0.25) is 0 Å². The second-order valence-corrected chi connectivity index (χ2v) is 7.47. The van der Waals surface area contributed by atoms with Crippen LogP contribution in [-0.2, 0) is 11.3 Å². The fourth-order valence-corrected chi connectivity index (χ4v) is 4.21. The fourth-order valence-electron chi connectivity index (χ4n) is 3.23. The second-order valence-electron chi connectivity index (χ2n) is 6.41. The Labute approximate surface area is 155 Å². The summed E-state index contributed by atoms with van der Waals surface area (Å²) in [5.41, 5.74) is 1.23. The summed E-state index contributed by atoms with van der Waals surface area (Å²) in [4.78, 5) is 9.71. The van der Waals surface area contributed by atoms with Gasteiger partial charge in [0.25, 0.3) is 0 Å². The molecule has 0 atom stereocenters. The number of rotatable bonds is 7. The van der Waals surface area contributed by atoms with Crippen molar-refractivity contribution in [3.8, 4) is 5.75 Å². The van der Waals surface area contributed by atoms with Crippen LogP contribution in [0.15, 0.2) is 29.3 Å². The minimum Gasteiger partial charge on any atom is -0.496 e. The van der Waals surface area contributed by atoms with Gasteiger partial charge in [-0.3, -0.25) is 9.89 Å². The minimum absolute atomic E-state index is 0.860. The zero-order chi connectivity index (χ0) is 17.3. The van der Waals surface area contributed by atoms with Gasteiger partial charge >= 0.3 is 0 Å². The highest BCUT2D eigenvalue weighted by Gasteiger charge is 2.18. The van der Waals surface area contributed by atoms with Crippen molar-refractivity contribution >= 4 is 16.9 Å². The minimum atomic E-state index is 0.860. The van der Waals surface area contributed by atoms with E-state index in [1.807, 2.05) is 23.9 Å². The van der Waals surface area contributed by atoms with Crippen LogP contribution < -0.4 is 4.74 Å². The molecule has 0 N–H and O–H groups in total. The normalized spacial score (nSPS) is 18.7. The molecule has 1 aromatic carbocycles. The van der Waals surface area contributed by atoms with E-state index < -0.39 is 0 Å². The maximum Gasteiger partial charge on any atom is 0.159 e. The molecule has 1 saturated heterocycles. The molecular weight excluding hydrogens is 334 g/mol. The number of nitrogens with zero attached hydrogens (tertiary/aromatic N) is 3. The van der Waals surface area contributed by atoms with Crippen molar-refractivity contribution in [2.75, 3.05) is 58.8 Å². The van der Waals surface area contributed by atoms with Crippen molar-refractivity contribution < 1.29 is 9.47 Å². The van der Waals surface area contributed by atoms with E-state index in [2.05, 4.69) is 21.9 Å². The number of morpholine rings is 1. The standard InChI is InChI=1S/C19H29N3O2S/c1-23-18-7-3-2-6-17(18)16-22(19-20-8-4-15-25-19)10-5-9-21-11-13-24-14-12-21/h2-3,6-7H,4-5,8-16H2,1H3. The first-order valence-corrected chi connectivity index (χ1v) is 10.2. The van der Waals surface area contributed by atoms with E-state index >= 15 is 0 Å². The fraction of sp³-hybridized carbons (Fsp3) is 0.632. The van der Waals surface area contributed by atoms with Crippen LogP contribution in [0.4, 0.5) is 0 Å². The molecule has 2 aliphatic rings. The molecule has 1 fully saturated rings. The second kappa shape index (κ2) is 10.0.